The van der Waals surface area contributed by atoms with E-state index in [0.717, 1.165) is 0 Å². The quantitative estimate of drug-likeness (QED) is 0.799. The second-order valence-corrected chi connectivity index (χ2v) is 7.18. The number of nitrogens with zero attached hydrogens (tertiary/aromatic N) is 3. The number of hydrogen-bond donors (Lipinski definition) is 2. The van der Waals surface area contributed by atoms with Crippen LogP contribution in [-0.2, 0) is 9.47 Å². The van der Waals surface area contributed by atoms with Crippen LogP contribution in [-0.4, -0.2) is 78.2 Å². The number of anilines is 1. The molecule has 1 atom stereocenters. The van der Waals surface area contributed by atoms with Crippen molar-refractivity contribution in [1.82, 2.24) is 20.3 Å². The number of amides is 4. The topological polar surface area (TPSA) is 109 Å². The van der Waals surface area contributed by atoms with E-state index in [1.165, 1.54) is 0 Å². The lowest BCUT2D eigenvalue weighted by molar-refractivity contribution is -0.281. The third kappa shape index (κ3) is 4.33. The highest BCUT2D eigenvalue weighted by atomic mass is 16.7. The molecule has 1 spiro atoms. The zero-order valence-corrected chi connectivity index (χ0v) is 16.2. The van der Waals surface area contributed by atoms with Crippen LogP contribution < -0.4 is 10.6 Å². The monoisotopic (exact) mass is 381 g/mol. The fraction of sp³-hybridized carbons (Fsp3) is 0.706. The molecule has 0 bridgehead atoms. The molecular formula is C17H27N5O5. The second-order valence-electron chi connectivity index (χ2n) is 7.18. The molecule has 2 N–H and O–H groups in total. The summed E-state index contributed by atoms with van der Waals surface area (Å²) >= 11 is 0. The molecule has 2 aliphatic rings. The number of aromatic nitrogens is 1. The van der Waals surface area contributed by atoms with Gasteiger partial charge in [-0.2, -0.15) is 0 Å². The van der Waals surface area contributed by atoms with Crippen molar-refractivity contribution >= 4 is 17.7 Å². The molecule has 0 aromatic carbocycles. The molecule has 1 unspecified atom stereocenters. The lowest BCUT2D eigenvalue weighted by atomic mass is 10.1. The van der Waals surface area contributed by atoms with Gasteiger partial charge in [0.15, 0.2) is 5.76 Å². The van der Waals surface area contributed by atoms with E-state index in [4.69, 9.17) is 14.0 Å². The van der Waals surface area contributed by atoms with E-state index in [-0.39, 0.29) is 31.2 Å². The van der Waals surface area contributed by atoms with Crippen molar-refractivity contribution in [2.45, 2.75) is 39.5 Å². The summed E-state index contributed by atoms with van der Waals surface area (Å²) in [7, 11) is 0. The minimum absolute atomic E-state index is 0.0425. The molecule has 2 aliphatic heterocycles. The molecule has 0 radical (unpaired) electrons. The van der Waals surface area contributed by atoms with E-state index in [1.807, 2.05) is 13.8 Å². The predicted octanol–water partition coefficient (Wildman–Crippen LogP) is 1.30. The molecular weight excluding hydrogens is 354 g/mol. The average Bonchev–Trinajstić information content (AvgIpc) is 2.93. The summed E-state index contributed by atoms with van der Waals surface area (Å²) in [5.74, 6) is -0.463. The van der Waals surface area contributed by atoms with E-state index in [9.17, 15) is 9.59 Å². The fourth-order valence-corrected chi connectivity index (χ4v) is 3.23. The maximum Gasteiger partial charge on any atom is 0.322 e. The van der Waals surface area contributed by atoms with Crippen molar-refractivity contribution in [1.29, 1.82) is 0 Å². The van der Waals surface area contributed by atoms with Gasteiger partial charge >= 0.3 is 12.1 Å². The Morgan fingerprint density at radius 3 is 2.19 bits per heavy atom. The van der Waals surface area contributed by atoms with Gasteiger partial charge in [-0.15, -0.1) is 0 Å². The zero-order valence-electron chi connectivity index (χ0n) is 16.2. The summed E-state index contributed by atoms with van der Waals surface area (Å²) in [4.78, 5) is 28.3. The smallest absolute Gasteiger partial charge is 0.322 e. The van der Waals surface area contributed by atoms with Crippen LogP contribution in [0, 0.1) is 13.8 Å². The first-order valence-corrected chi connectivity index (χ1v) is 9.12. The highest BCUT2D eigenvalue weighted by molar-refractivity contribution is 5.90. The third-order valence-corrected chi connectivity index (χ3v) is 4.57. The zero-order chi connectivity index (χ0) is 19.6. The molecule has 27 heavy (non-hydrogen) atoms. The van der Waals surface area contributed by atoms with Gasteiger partial charge in [-0.3, -0.25) is 0 Å². The standard InChI is InChI=1S/C17H27N5O5/c1-11(2)18-15(23)21-5-7-25-17(9-21)10-22(6-8-26-17)16(24)19-14-12(3)20-27-13(14)4/h11H,5-10H2,1-4H3,(H,18,23)(H,19,24). The van der Waals surface area contributed by atoms with Gasteiger partial charge in [0.25, 0.3) is 0 Å². The summed E-state index contributed by atoms with van der Waals surface area (Å²) in [6.07, 6.45) is 0. The normalized spacial score (nSPS) is 23.0. The third-order valence-electron chi connectivity index (χ3n) is 4.57. The summed E-state index contributed by atoms with van der Waals surface area (Å²) in [6, 6.07) is -0.395. The molecule has 150 valence electrons. The van der Waals surface area contributed by atoms with Crippen molar-refractivity contribution in [2.24, 2.45) is 0 Å². The number of hydrogen-bond acceptors (Lipinski definition) is 6. The SMILES string of the molecule is Cc1noc(C)c1NC(=O)N1CCOC2(C1)CN(C(=O)NC(C)C)CCO2. The number of rotatable bonds is 2. The molecule has 2 saturated heterocycles. The Bertz CT molecular complexity index is 682. The minimum Gasteiger partial charge on any atom is -0.359 e. The van der Waals surface area contributed by atoms with Crippen LogP contribution in [0.5, 0.6) is 0 Å². The molecule has 10 nitrogen and oxygen atoms in total. The van der Waals surface area contributed by atoms with Crippen LogP contribution in [0.3, 0.4) is 0 Å². The number of carbonyl (C=O) groups is 2. The fourth-order valence-electron chi connectivity index (χ4n) is 3.23. The number of aryl methyl sites for hydroxylation is 2. The number of ether oxygens (including phenoxy) is 2. The molecule has 3 rings (SSSR count). The Hall–Kier alpha value is -2.33. The Balaban J connectivity index is 1.65. The van der Waals surface area contributed by atoms with E-state index in [2.05, 4.69) is 15.8 Å². The van der Waals surface area contributed by atoms with Gasteiger partial charge in [-0.05, 0) is 27.7 Å². The van der Waals surface area contributed by atoms with E-state index < -0.39 is 5.79 Å². The van der Waals surface area contributed by atoms with Crippen LogP contribution in [0.25, 0.3) is 0 Å². The van der Waals surface area contributed by atoms with Crippen LogP contribution in [0.2, 0.25) is 0 Å². The van der Waals surface area contributed by atoms with E-state index in [1.54, 1.807) is 23.6 Å². The number of carbonyl (C=O) groups excluding carboxylic acids is 2. The number of morpholine rings is 2. The average molecular weight is 381 g/mol. The van der Waals surface area contributed by atoms with Gasteiger partial charge in [-0.25, -0.2) is 9.59 Å². The first-order chi connectivity index (χ1) is 12.8. The number of nitrogens with one attached hydrogen (secondary N) is 2. The lowest BCUT2D eigenvalue weighted by Gasteiger charge is -2.47. The maximum atomic E-state index is 12.7. The first-order valence-electron chi connectivity index (χ1n) is 9.12. The van der Waals surface area contributed by atoms with Crippen LogP contribution in [0.1, 0.15) is 25.3 Å². The highest BCUT2D eigenvalue weighted by Gasteiger charge is 2.44. The molecule has 0 aliphatic carbocycles. The molecule has 0 saturated carbocycles. The highest BCUT2D eigenvalue weighted by Crippen LogP contribution is 2.26. The van der Waals surface area contributed by atoms with Crippen molar-refractivity contribution in [3.05, 3.63) is 11.5 Å². The van der Waals surface area contributed by atoms with E-state index in [0.29, 0.717) is 43.4 Å². The molecule has 4 amide bonds. The van der Waals surface area contributed by atoms with Gasteiger partial charge in [0.2, 0.25) is 5.79 Å². The lowest BCUT2D eigenvalue weighted by Crippen LogP contribution is -2.65. The van der Waals surface area contributed by atoms with Crippen LogP contribution in [0.15, 0.2) is 4.52 Å². The van der Waals surface area contributed by atoms with Gasteiger partial charge in [0, 0.05) is 19.1 Å². The second kappa shape index (κ2) is 7.73. The predicted molar refractivity (Wildman–Crippen MR) is 96.4 cm³/mol. The molecule has 3 heterocycles. The summed E-state index contributed by atoms with van der Waals surface area (Å²) in [5, 5.41) is 9.56. The van der Waals surface area contributed by atoms with Crippen molar-refractivity contribution in [2.75, 3.05) is 44.7 Å². The van der Waals surface area contributed by atoms with Crippen molar-refractivity contribution in [3.8, 4) is 0 Å². The maximum absolute atomic E-state index is 12.7. The van der Waals surface area contributed by atoms with Crippen molar-refractivity contribution < 1.29 is 23.6 Å². The largest absolute Gasteiger partial charge is 0.359 e. The Kier molecular flexibility index (Phi) is 5.56. The minimum atomic E-state index is -1.01. The van der Waals surface area contributed by atoms with Crippen LogP contribution in [0.4, 0.5) is 15.3 Å². The summed E-state index contributed by atoms with van der Waals surface area (Å²) in [6.45, 7) is 9.41. The molecule has 1 aromatic heterocycles. The number of urea groups is 2. The Morgan fingerprint density at radius 2 is 1.67 bits per heavy atom. The Morgan fingerprint density at radius 1 is 1.07 bits per heavy atom. The van der Waals surface area contributed by atoms with Crippen molar-refractivity contribution in [3.63, 3.8) is 0 Å². The van der Waals surface area contributed by atoms with Gasteiger partial charge in [0.05, 0.1) is 26.3 Å². The van der Waals surface area contributed by atoms with E-state index >= 15 is 0 Å². The molecule has 10 heteroatoms. The van der Waals surface area contributed by atoms with Gasteiger partial charge < -0.3 is 34.4 Å². The molecule has 1 aromatic rings. The molecule has 2 fully saturated rings. The van der Waals surface area contributed by atoms with Gasteiger partial charge in [-0.1, -0.05) is 5.16 Å². The van der Waals surface area contributed by atoms with Gasteiger partial charge in [0.1, 0.15) is 11.4 Å². The summed E-state index contributed by atoms with van der Waals surface area (Å²) in [5.41, 5.74) is 1.19. The first kappa shape index (κ1) is 19.4. The van der Waals surface area contributed by atoms with Crippen LogP contribution >= 0.6 is 0 Å². The summed E-state index contributed by atoms with van der Waals surface area (Å²) < 4.78 is 16.8. The Labute approximate surface area is 158 Å².